The molecule has 2 atom stereocenters. The third-order valence-corrected chi connectivity index (χ3v) is 3.50. The van der Waals surface area contributed by atoms with Crippen LogP contribution in [0.2, 0.25) is 0 Å². The van der Waals surface area contributed by atoms with Crippen LogP contribution in [0, 0.1) is 5.82 Å². The molecule has 0 aromatic carbocycles. The number of nitrogens with one attached hydrogen (secondary N) is 1. The molecule has 0 saturated carbocycles. The first-order valence-corrected chi connectivity index (χ1v) is 7.37. The van der Waals surface area contributed by atoms with Crippen LogP contribution in [-0.2, 0) is 0 Å². The number of aliphatic hydroxyl groups excluding tert-OH is 1. The number of hydrogen-bond donors (Lipinski definition) is 2. The summed E-state index contributed by atoms with van der Waals surface area (Å²) in [4.78, 5) is 12.1. The van der Waals surface area contributed by atoms with Gasteiger partial charge in [-0.15, -0.1) is 0 Å². The fraction of sp³-hybridized carbons (Fsp3) is 0.714. The fourth-order valence-electron chi connectivity index (χ4n) is 2.63. The van der Waals surface area contributed by atoms with Crippen molar-refractivity contribution in [2.45, 2.75) is 31.9 Å². The summed E-state index contributed by atoms with van der Waals surface area (Å²) in [6, 6.07) is 0.0541. The number of likely N-dealkylation sites (N-methyl/N-ethyl adjacent to an activating group) is 1. The lowest BCUT2D eigenvalue weighted by atomic mass is 10.2. The second-order valence-corrected chi connectivity index (χ2v) is 5.75. The Labute approximate surface area is 125 Å². The maximum Gasteiger partial charge on any atom is 0.224 e. The number of aliphatic hydroxyl groups is 1. The van der Waals surface area contributed by atoms with Gasteiger partial charge in [0, 0.05) is 25.7 Å². The maximum atomic E-state index is 14.1. The quantitative estimate of drug-likeness (QED) is 0.815. The molecule has 0 radical (unpaired) electrons. The smallest absolute Gasteiger partial charge is 0.224 e. The van der Waals surface area contributed by atoms with Crippen LogP contribution in [0.1, 0.15) is 19.8 Å². The number of halogens is 1. The lowest BCUT2D eigenvalue weighted by molar-refractivity contribution is 0.191. The van der Waals surface area contributed by atoms with Gasteiger partial charge < -0.3 is 20.2 Å². The molecule has 2 rings (SSSR count). The van der Waals surface area contributed by atoms with Crippen molar-refractivity contribution in [3.05, 3.63) is 12.0 Å². The third kappa shape index (κ3) is 4.01. The number of β-amino-alcohol motifs (C(OH)–C–C–N with tert-alkyl or cyclic N) is 1. The van der Waals surface area contributed by atoms with E-state index < -0.39 is 11.9 Å². The average molecular weight is 297 g/mol. The molecular formula is C14H24FN5O. The van der Waals surface area contributed by atoms with Gasteiger partial charge in [0.2, 0.25) is 5.95 Å². The molecule has 1 aromatic heterocycles. The topological polar surface area (TPSA) is 64.5 Å². The predicted molar refractivity (Wildman–Crippen MR) is 81.1 cm³/mol. The average Bonchev–Trinajstić information content (AvgIpc) is 2.77. The summed E-state index contributed by atoms with van der Waals surface area (Å²) < 4.78 is 14.1. The van der Waals surface area contributed by atoms with E-state index in [9.17, 15) is 9.50 Å². The molecule has 1 fully saturated rings. The van der Waals surface area contributed by atoms with Crippen molar-refractivity contribution in [1.82, 2.24) is 14.9 Å². The van der Waals surface area contributed by atoms with Gasteiger partial charge >= 0.3 is 0 Å². The SMILES string of the molecule is CCCNc1ncc(F)c(N2CC(O)CC2CN(C)C)n1. The Morgan fingerprint density at radius 3 is 2.95 bits per heavy atom. The van der Waals surface area contributed by atoms with Crippen LogP contribution in [0.25, 0.3) is 0 Å². The molecule has 6 nitrogen and oxygen atoms in total. The first kappa shape index (κ1) is 15.9. The highest BCUT2D eigenvalue weighted by Gasteiger charge is 2.33. The maximum absolute atomic E-state index is 14.1. The number of hydrogen-bond acceptors (Lipinski definition) is 6. The zero-order chi connectivity index (χ0) is 15.4. The van der Waals surface area contributed by atoms with E-state index in [-0.39, 0.29) is 11.9 Å². The third-order valence-electron chi connectivity index (χ3n) is 3.50. The van der Waals surface area contributed by atoms with Crippen LogP contribution in [0.4, 0.5) is 16.2 Å². The molecule has 1 saturated heterocycles. The molecule has 21 heavy (non-hydrogen) atoms. The van der Waals surface area contributed by atoms with Crippen molar-refractivity contribution >= 4 is 11.8 Å². The van der Waals surface area contributed by atoms with Crippen molar-refractivity contribution in [2.75, 3.05) is 43.9 Å². The van der Waals surface area contributed by atoms with E-state index in [2.05, 4.69) is 15.3 Å². The van der Waals surface area contributed by atoms with Crippen LogP contribution < -0.4 is 10.2 Å². The zero-order valence-corrected chi connectivity index (χ0v) is 12.9. The summed E-state index contributed by atoms with van der Waals surface area (Å²) >= 11 is 0. The van der Waals surface area contributed by atoms with E-state index in [1.54, 1.807) is 0 Å². The lowest BCUT2D eigenvalue weighted by Crippen LogP contribution is -2.38. The molecule has 1 aromatic rings. The van der Waals surface area contributed by atoms with E-state index in [0.717, 1.165) is 19.5 Å². The van der Waals surface area contributed by atoms with Gasteiger partial charge in [0.1, 0.15) is 0 Å². The first-order valence-electron chi connectivity index (χ1n) is 7.37. The molecule has 1 aliphatic heterocycles. The molecular weight excluding hydrogens is 273 g/mol. The number of rotatable bonds is 6. The second-order valence-electron chi connectivity index (χ2n) is 5.75. The predicted octanol–water partition coefficient (Wildman–Crippen LogP) is 0.939. The highest BCUT2D eigenvalue weighted by atomic mass is 19.1. The van der Waals surface area contributed by atoms with Gasteiger partial charge in [-0.05, 0) is 26.9 Å². The fourth-order valence-corrected chi connectivity index (χ4v) is 2.63. The Morgan fingerprint density at radius 2 is 2.29 bits per heavy atom. The van der Waals surface area contributed by atoms with E-state index in [1.807, 2.05) is 30.8 Å². The minimum atomic E-state index is -0.449. The molecule has 0 spiro atoms. The molecule has 0 aliphatic carbocycles. The van der Waals surface area contributed by atoms with Gasteiger partial charge in [-0.3, -0.25) is 0 Å². The highest BCUT2D eigenvalue weighted by molar-refractivity contribution is 5.46. The van der Waals surface area contributed by atoms with Crippen molar-refractivity contribution in [2.24, 2.45) is 0 Å². The monoisotopic (exact) mass is 297 g/mol. The molecule has 0 bridgehead atoms. The highest BCUT2D eigenvalue weighted by Crippen LogP contribution is 2.27. The zero-order valence-electron chi connectivity index (χ0n) is 12.9. The lowest BCUT2D eigenvalue weighted by Gasteiger charge is -2.28. The standard InChI is InChI=1S/C14H24FN5O/c1-4-5-16-14-17-7-12(15)13(18-14)20-9-11(21)6-10(20)8-19(2)3/h7,10-11,21H,4-6,8-9H2,1-3H3,(H,16,17,18). The first-order chi connectivity index (χ1) is 10.0. The molecule has 7 heteroatoms. The molecule has 1 aliphatic rings. The van der Waals surface area contributed by atoms with E-state index in [0.29, 0.717) is 18.9 Å². The van der Waals surface area contributed by atoms with Crippen molar-refractivity contribution in [3.63, 3.8) is 0 Å². The summed E-state index contributed by atoms with van der Waals surface area (Å²) in [5.41, 5.74) is 0. The van der Waals surface area contributed by atoms with Gasteiger partial charge in [0.05, 0.1) is 12.3 Å². The Morgan fingerprint density at radius 1 is 1.52 bits per heavy atom. The molecule has 2 unspecified atom stereocenters. The summed E-state index contributed by atoms with van der Waals surface area (Å²) in [5, 5.41) is 13.0. The van der Waals surface area contributed by atoms with Crippen LogP contribution in [0.3, 0.4) is 0 Å². The van der Waals surface area contributed by atoms with Crippen LogP contribution in [0.5, 0.6) is 0 Å². The largest absolute Gasteiger partial charge is 0.391 e. The van der Waals surface area contributed by atoms with E-state index in [4.69, 9.17) is 0 Å². The molecule has 118 valence electrons. The van der Waals surface area contributed by atoms with Crippen molar-refractivity contribution < 1.29 is 9.50 Å². The Balaban J connectivity index is 2.21. The minimum Gasteiger partial charge on any atom is -0.391 e. The van der Waals surface area contributed by atoms with Gasteiger partial charge in [-0.1, -0.05) is 6.92 Å². The summed E-state index contributed by atoms with van der Waals surface area (Å²) in [7, 11) is 3.93. The molecule has 2 heterocycles. The van der Waals surface area contributed by atoms with E-state index in [1.165, 1.54) is 6.20 Å². The number of anilines is 2. The molecule has 0 amide bonds. The Kier molecular flexibility index (Phi) is 5.30. The Bertz CT molecular complexity index is 471. The normalized spacial score (nSPS) is 22.1. The second kappa shape index (κ2) is 7.00. The summed E-state index contributed by atoms with van der Waals surface area (Å²) in [5.74, 6) is 0.250. The van der Waals surface area contributed by atoms with E-state index >= 15 is 0 Å². The van der Waals surface area contributed by atoms with Crippen LogP contribution in [-0.4, -0.2) is 65.8 Å². The van der Waals surface area contributed by atoms with Gasteiger partial charge in [-0.2, -0.15) is 4.98 Å². The van der Waals surface area contributed by atoms with Crippen LogP contribution >= 0.6 is 0 Å². The van der Waals surface area contributed by atoms with Crippen molar-refractivity contribution in [1.29, 1.82) is 0 Å². The summed E-state index contributed by atoms with van der Waals surface area (Å²) in [6.07, 6.45) is 2.31. The molecule has 2 N–H and O–H groups in total. The van der Waals surface area contributed by atoms with Gasteiger partial charge in [-0.25, -0.2) is 9.37 Å². The van der Waals surface area contributed by atoms with Crippen molar-refractivity contribution in [3.8, 4) is 0 Å². The van der Waals surface area contributed by atoms with Gasteiger partial charge in [0.15, 0.2) is 11.6 Å². The minimum absolute atomic E-state index is 0.0541. The van der Waals surface area contributed by atoms with Crippen LogP contribution in [0.15, 0.2) is 6.20 Å². The Hall–Kier alpha value is -1.47. The number of aromatic nitrogens is 2. The summed E-state index contributed by atoms with van der Waals surface area (Å²) in [6.45, 7) is 3.94. The van der Waals surface area contributed by atoms with Gasteiger partial charge in [0.25, 0.3) is 0 Å². The number of nitrogens with zero attached hydrogens (tertiary/aromatic N) is 4.